The first-order valence-electron chi connectivity index (χ1n) is 22.3. The van der Waals surface area contributed by atoms with Crippen molar-refractivity contribution >= 4 is 76.1 Å². The van der Waals surface area contributed by atoms with Crippen LogP contribution in [-0.4, -0.2) is 19.5 Å². The highest BCUT2D eigenvalue weighted by Crippen LogP contribution is 2.53. The smallest absolute Gasteiger partial charge is 0.238 e. The molecule has 0 amide bonds. The maximum Gasteiger partial charge on any atom is 0.238 e. The molecule has 304 valence electrons. The molecule has 0 fully saturated rings. The van der Waals surface area contributed by atoms with Gasteiger partial charge in [0.1, 0.15) is 11.2 Å². The van der Waals surface area contributed by atoms with Gasteiger partial charge in [-0.25, -0.2) is 4.98 Å². The molecule has 65 heavy (non-hydrogen) atoms. The van der Waals surface area contributed by atoms with E-state index in [-0.39, 0.29) is 5.41 Å². The first kappa shape index (κ1) is 36.1. The zero-order chi connectivity index (χ0) is 43.0. The number of benzene rings is 10. The van der Waals surface area contributed by atoms with Gasteiger partial charge in [-0.05, 0) is 96.5 Å². The van der Waals surface area contributed by atoms with Crippen LogP contribution in [0.1, 0.15) is 25.0 Å². The molecular weight excluding hydrogens is 793 g/mol. The lowest BCUT2D eigenvalue weighted by atomic mass is 9.81. The Balaban J connectivity index is 1.07. The van der Waals surface area contributed by atoms with Crippen LogP contribution in [0, 0.1) is 0 Å². The Labute approximate surface area is 373 Å². The number of nitrogens with zero attached hydrogens (tertiary/aromatic N) is 4. The minimum atomic E-state index is -0.196. The van der Waals surface area contributed by atoms with E-state index in [2.05, 4.69) is 200 Å². The summed E-state index contributed by atoms with van der Waals surface area (Å²) < 4.78 is 8.91. The van der Waals surface area contributed by atoms with Crippen LogP contribution in [0.5, 0.6) is 0 Å². The molecule has 3 heterocycles. The van der Waals surface area contributed by atoms with E-state index in [1.165, 1.54) is 38.4 Å². The zero-order valence-corrected chi connectivity index (χ0v) is 35.7. The molecule has 0 atom stereocenters. The van der Waals surface area contributed by atoms with Crippen LogP contribution < -0.4 is 0 Å². The maximum atomic E-state index is 6.63. The Kier molecular flexibility index (Phi) is 7.39. The van der Waals surface area contributed by atoms with Crippen molar-refractivity contribution in [3.8, 4) is 51.0 Å². The third kappa shape index (κ3) is 5.24. The fraction of sp³-hybridized carbons (Fsp3) is 0.0500. The monoisotopic (exact) mass is 830 g/mol. The molecule has 3 aromatic heterocycles. The molecule has 0 bridgehead atoms. The van der Waals surface area contributed by atoms with Crippen LogP contribution in [0.3, 0.4) is 0 Å². The van der Waals surface area contributed by atoms with Crippen LogP contribution in [-0.2, 0) is 5.41 Å². The molecule has 14 rings (SSSR count). The molecule has 13 aromatic rings. The number of para-hydroxylation sites is 3. The number of hydrogen-bond donors (Lipinski definition) is 0. The average molecular weight is 831 g/mol. The lowest BCUT2D eigenvalue weighted by molar-refractivity contribution is 0.661. The van der Waals surface area contributed by atoms with Crippen LogP contribution in [0.25, 0.3) is 127 Å². The van der Waals surface area contributed by atoms with E-state index in [1.54, 1.807) is 0 Å². The van der Waals surface area contributed by atoms with Crippen molar-refractivity contribution in [2.75, 3.05) is 0 Å². The van der Waals surface area contributed by atoms with Crippen molar-refractivity contribution in [3.63, 3.8) is 0 Å². The summed E-state index contributed by atoms with van der Waals surface area (Å²) in [5.41, 5.74) is 12.7. The minimum Gasteiger partial charge on any atom is -0.455 e. The molecule has 10 aromatic carbocycles. The van der Waals surface area contributed by atoms with E-state index < -0.39 is 0 Å². The van der Waals surface area contributed by atoms with Crippen molar-refractivity contribution in [1.29, 1.82) is 0 Å². The van der Waals surface area contributed by atoms with Crippen LogP contribution >= 0.6 is 0 Å². The lowest BCUT2D eigenvalue weighted by Gasteiger charge is -2.22. The predicted molar refractivity (Wildman–Crippen MR) is 268 cm³/mol. The maximum absolute atomic E-state index is 6.63. The molecule has 0 unspecified atom stereocenters. The van der Waals surface area contributed by atoms with Gasteiger partial charge < -0.3 is 4.42 Å². The third-order valence-electron chi connectivity index (χ3n) is 14.0. The Bertz CT molecular complexity index is 4170. The van der Waals surface area contributed by atoms with Crippen molar-refractivity contribution in [2.24, 2.45) is 0 Å². The van der Waals surface area contributed by atoms with E-state index in [4.69, 9.17) is 19.4 Å². The Morgan fingerprint density at radius 2 is 1.06 bits per heavy atom. The Morgan fingerprint density at radius 3 is 1.91 bits per heavy atom. The molecule has 0 saturated carbocycles. The molecule has 5 nitrogen and oxygen atoms in total. The second kappa shape index (κ2) is 13.3. The van der Waals surface area contributed by atoms with E-state index in [1.807, 2.05) is 12.1 Å². The number of rotatable bonds is 4. The number of fused-ring (bicyclic) bond motifs is 13. The fourth-order valence-corrected chi connectivity index (χ4v) is 10.8. The molecule has 0 N–H and O–H groups in total. The van der Waals surface area contributed by atoms with Crippen molar-refractivity contribution in [3.05, 3.63) is 205 Å². The van der Waals surface area contributed by atoms with Gasteiger partial charge in [-0.2, -0.15) is 9.97 Å². The van der Waals surface area contributed by atoms with Gasteiger partial charge in [-0.1, -0.05) is 172 Å². The fourth-order valence-electron chi connectivity index (χ4n) is 10.8. The van der Waals surface area contributed by atoms with Crippen LogP contribution in [0.15, 0.2) is 199 Å². The molecule has 5 heteroatoms. The number of furan rings is 1. The summed E-state index contributed by atoms with van der Waals surface area (Å²) in [6.45, 7) is 4.73. The van der Waals surface area contributed by atoms with E-state index in [0.29, 0.717) is 17.6 Å². The largest absolute Gasteiger partial charge is 0.455 e. The Morgan fingerprint density at radius 1 is 0.415 bits per heavy atom. The van der Waals surface area contributed by atoms with Gasteiger partial charge in [0.2, 0.25) is 5.95 Å². The summed E-state index contributed by atoms with van der Waals surface area (Å²) in [5, 5.41) is 11.5. The highest BCUT2D eigenvalue weighted by molar-refractivity contribution is 6.17. The predicted octanol–water partition coefficient (Wildman–Crippen LogP) is 15.6. The quantitative estimate of drug-likeness (QED) is 0.177. The van der Waals surface area contributed by atoms with Gasteiger partial charge in [0.25, 0.3) is 0 Å². The van der Waals surface area contributed by atoms with Gasteiger partial charge in [0.05, 0.1) is 16.6 Å². The molecular formula is C60H38N4O. The first-order chi connectivity index (χ1) is 32.0. The third-order valence-corrected chi connectivity index (χ3v) is 14.0. The Hall–Kier alpha value is -8.41. The summed E-state index contributed by atoms with van der Waals surface area (Å²) >= 11 is 0. The lowest BCUT2D eigenvalue weighted by Crippen LogP contribution is -2.15. The van der Waals surface area contributed by atoms with Gasteiger partial charge in [-0.3, -0.25) is 4.57 Å². The molecule has 1 aliphatic carbocycles. The molecule has 0 saturated heterocycles. The molecule has 0 radical (unpaired) electrons. The topological polar surface area (TPSA) is 56.7 Å². The summed E-state index contributed by atoms with van der Waals surface area (Å²) in [5.74, 6) is 1.66. The first-order valence-corrected chi connectivity index (χ1v) is 22.3. The highest BCUT2D eigenvalue weighted by atomic mass is 16.3. The van der Waals surface area contributed by atoms with Gasteiger partial charge in [0, 0.05) is 38.1 Å². The molecule has 0 aliphatic heterocycles. The average Bonchev–Trinajstić information content (AvgIpc) is 3.97. The minimum absolute atomic E-state index is 0.196. The second-order valence-electron chi connectivity index (χ2n) is 18.0. The van der Waals surface area contributed by atoms with Crippen molar-refractivity contribution in [1.82, 2.24) is 19.5 Å². The summed E-state index contributed by atoms with van der Waals surface area (Å²) in [7, 11) is 0. The standard InChI is InChI=1S/C60H38N4O/c1-60(2)50-30-28-36-14-7-8-18-42(36)54(50)47-29-27-40(33-51(47)60)43-20-11-21-45-49-32-38-16-5-6-17-39(38)34-52(49)64(55(43)45)59-62-57(41-26-25-35-13-3-4-15-37(35)31-41)61-58(63-59)48-23-12-22-46-44-19-9-10-24-53(44)65-56(46)48/h3-34H,1-2H3. The summed E-state index contributed by atoms with van der Waals surface area (Å²) in [6.07, 6.45) is 0. The zero-order valence-electron chi connectivity index (χ0n) is 35.7. The van der Waals surface area contributed by atoms with Crippen LogP contribution in [0.2, 0.25) is 0 Å². The number of hydrogen-bond acceptors (Lipinski definition) is 4. The SMILES string of the molecule is CC1(C)c2cc(-c3cccc4c5cc6ccccc6cc5n(-c5nc(-c6ccc7ccccc7c6)nc(-c6cccc7c6oc6ccccc67)n5)c34)ccc2-c2c1ccc1ccccc21. The molecule has 0 spiro atoms. The van der Waals surface area contributed by atoms with Gasteiger partial charge in [0.15, 0.2) is 11.6 Å². The van der Waals surface area contributed by atoms with Gasteiger partial charge >= 0.3 is 0 Å². The van der Waals surface area contributed by atoms with Crippen molar-refractivity contribution in [2.45, 2.75) is 19.3 Å². The molecule has 1 aliphatic rings. The summed E-state index contributed by atoms with van der Waals surface area (Å²) in [6, 6.07) is 69.6. The second-order valence-corrected chi connectivity index (χ2v) is 18.0. The van der Waals surface area contributed by atoms with Crippen LogP contribution in [0.4, 0.5) is 0 Å². The van der Waals surface area contributed by atoms with E-state index in [0.717, 1.165) is 82.2 Å². The number of aromatic nitrogens is 4. The normalized spacial score (nSPS) is 13.2. The highest BCUT2D eigenvalue weighted by Gasteiger charge is 2.37. The van der Waals surface area contributed by atoms with Crippen molar-refractivity contribution < 1.29 is 4.42 Å². The van der Waals surface area contributed by atoms with Gasteiger partial charge in [-0.15, -0.1) is 0 Å². The summed E-state index contributed by atoms with van der Waals surface area (Å²) in [4.78, 5) is 16.3. The van der Waals surface area contributed by atoms with E-state index in [9.17, 15) is 0 Å². The van der Waals surface area contributed by atoms with E-state index >= 15 is 0 Å².